The summed E-state index contributed by atoms with van der Waals surface area (Å²) in [5.41, 5.74) is 0.425. The third-order valence-electron chi connectivity index (χ3n) is 1.93. The van der Waals surface area contributed by atoms with E-state index < -0.39 is 3.79 Å². The van der Waals surface area contributed by atoms with Crippen LogP contribution in [0.2, 0.25) is 0 Å². The molecule has 0 unspecified atom stereocenters. The minimum atomic E-state index is -1.81. The van der Waals surface area contributed by atoms with Crippen molar-refractivity contribution in [2.24, 2.45) is 0 Å². The van der Waals surface area contributed by atoms with Crippen LogP contribution in [0.1, 0.15) is 5.82 Å². The average Bonchev–Trinajstić information content (AvgIpc) is 2.16. The van der Waals surface area contributed by atoms with Crippen LogP contribution < -0.4 is 4.73 Å². The normalized spacial score (nSPS) is 11.9. The lowest BCUT2D eigenvalue weighted by molar-refractivity contribution is -0.590. The largest absolute Gasteiger partial charge is 0.710 e. The predicted molar refractivity (Wildman–Crippen MR) is 59.9 cm³/mol. The number of fused-ring (bicyclic) bond motifs is 1. The molecule has 0 bridgehead atoms. The summed E-state index contributed by atoms with van der Waals surface area (Å²) < 4.78 is -1.28. The molecule has 1 heterocycles. The van der Waals surface area contributed by atoms with Crippen molar-refractivity contribution in [3.05, 3.63) is 41.5 Å². The lowest BCUT2D eigenvalue weighted by Gasteiger charge is -2.12. The Kier molecular flexibility index (Phi) is 2.63. The summed E-state index contributed by atoms with van der Waals surface area (Å²) in [4.78, 5) is 3.83. The maximum atomic E-state index is 11.8. The van der Waals surface area contributed by atoms with Gasteiger partial charge in [0.2, 0.25) is 0 Å². The first-order valence-electron chi connectivity index (χ1n) is 4.04. The Hall–Kier alpha value is -0.770. The number of para-hydroxylation sites is 1. The van der Waals surface area contributed by atoms with Gasteiger partial charge >= 0.3 is 5.82 Å². The van der Waals surface area contributed by atoms with Gasteiger partial charge < -0.3 is 5.21 Å². The van der Waals surface area contributed by atoms with Gasteiger partial charge in [-0.3, -0.25) is 0 Å². The van der Waals surface area contributed by atoms with Gasteiger partial charge in [-0.1, -0.05) is 46.9 Å². The van der Waals surface area contributed by atoms with E-state index >= 15 is 0 Å². The van der Waals surface area contributed by atoms with Crippen LogP contribution >= 0.6 is 34.8 Å². The van der Waals surface area contributed by atoms with Gasteiger partial charge in [0.15, 0.2) is 6.20 Å². The van der Waals surface area contributed by atoms with Crippen LogP contribution in [0.4, 0.5) is 0 Å². The van der Waals surface area contributed by atoms with Crippen molar-refractivity contribution >= 4 is 45.7 Å². The molecule has 0 saturated carbocycles. The molecule has 78 valence electrons. The first-order valence-corrected chi connectivity index (χ1v) is 5.18. The maximum absolute atomic E-state index is 11.8. The van der Waals surface area contributed by atoms with E-state index in [-0.39, 0.29) is 5.82 Å². The number of halogens is 3. The summed E-state index contributed by atoms with van der Waals surface area (Å²) in [5.74, 6) is -0.147. The molecule has 1 aromatic carbocycles. The molecular formula is C9H5Cl3N2O. The second-order valence-corrected chi connectivity index (χ2v) is 5.21. The number of nitrogens with zero attached hydrogens (tertiary/aromatic N) is 2. The van der Waals surface area contributed by atoms with Gasteiger partial charge in [-0.25, -0.2) is 4.73 Å². The summed E-state index contributed by atoms with van der Waals surface area (Å²) in [6.07, 6.45) is 1.50. The van der Waals surface area contributed by atoms with Crippen molar-refractivity contribution < 1.29 is 4.73 Å². The molecule has 0 spiro atoms. The standard InChI is InChI=1S/C9H5Cl3N2O/c10-9(11,12)8-13-5-6-3-1-2-4-7(6)14(8)15/h1-5H. The minimum absolute atomic E-state index is 0.147. The molecule has 0 saturated heterocycles. The second kappa shape index (κ2) is 3.67. The van der Waals surface area contributed by atoms with Crippen LogP contribution in [0.5, 0.6) is 0 Å². The molecule has 0 aliphatic rings. The van der Waals surface area contributed by atoms with Crippen LogP contribution in [0.25, 0.3) is 10.9 Å². The Morgan fingerprint density at radius 3 is 2.53 bits per heavy atom. The molecule has 6 heteroatoms. The molecule has 0 aliphatic heterocycles. The molecular weight excluding hydrogens is 258 g/mol. The van der Waals surface area contributed by atoms with Gasteiger partial charge in [0, 0.05) is 0 Å². The third kappa shape index (κ3) is 1.95. The van der Waals surface area contributed by atoms with Gasteiger partial charge in [0.1, 0.15) is 5.52 Å². The summed E-state index contributed by atoms with van der Waals surface area (Å²) in [6, 6.07) is 6.95. The van der Waals surface area contributed by atoms with Crippen molar-refractivity contribution in [2.75, 3.05) is 0 Å². The molecule has 0 aliphatic carbocycles. The summed E-state index contributed by atoms with van der Waals surface area (Å²) in [5, 5.41) is 12.5. The first kappa shape index (κ1) is 10.7. The van der Waals surface area contributed by atoms with E-state index in [1.54, 1.807) is 24.3 Å². The number of hydrogen-bond donors (Lipinski definition) is 0. The van der Waals surface area contributed by atoms with Crippen LogP contribution in [-0.4, -0.2) is 4.98 Å². The lowest BCUT2D eigenvalue weighted by Crippen LogP contribution is -2.37. The molecule has 2 aromatic rings. The minimum Gasteiger partial charge on any atom is -0.710 e. The van der Waals surface area contributed by atoms with Crippen LogP contribution in [-0.2, 0) is 3.79 Å². The molecule has 0 N–H and O–H groups in total. The molecule has 15 heavy (non-hydrogen) atoms. The van der Waals surface area contributed by atoms with Crippen molar-refractivity contribution in [2.45, 2.75) is 3.79 Å². The van der Waals surface area contributed by atoms with Crippen LogP contribution in [0, 0.1) is 5.21 Å². The summed E-state index contributed by atoms with van der Waals surface area (Å²) in [6.45, 7) is 0. The quantitative estimate of drug-likeness (QED) is 0.416. The fraction of sp³-hybridized carbons (Fsp3) is 0.111. The maximum Gasteiger partial charge on any atom is 0.353 e. The Labute approximate surface area is 101 Å². The number of aromatic nitrogens is 2. The number of benzene rings is 1. The Morgan fingerprint density at radius 1 is 1.20 bits per heavy atom. The molecule has 0 radical (unpaired) electrons. The van der Waals surface area contributed by atoms with E-state index in [4.69, 9.17) is 34.8 Å². The van der Waals surface area contributed by atoms with Gasteiger partial charge in [0.25, 0.3) is 3.79 Å². The predicted octanol–water partition coefficient (Wildman–Crippen LogP) is 2.69. The fourth-order valence-corrected chi connectivity index (χ4v) is 1.64. The van der Waals surface area contributed by atoms with Crippen LogP contribution in [0.3, 0.4) is 0 Å². The SMILES string of the molecule is [O-][n+]1c(C(Cl)(Cl)Cl)ncc2ccccc21. The summed E-state index contributed by atoms with van der Waals surface area (Å²) >= 11 is 16.8. The Bertz CT molecular complexity index is 510. The van der Waals surface area contributed by atoms with E-state index in [2.05, 4.69) is 4.98 Å². The van der Waals surface area contributed by atoms with Gasteiger partial charge in [-0.05, 0) is 17.1 Å². The highest BCUT2D eigenvalue weighted by molar-refractivity contribution is 6.66. The van der Waals surface area contributed by atoms with E-state index in [1.165, 1.54) is 6.20 Å². The molecule has 0 atom stereocenters. The summed E-state index contributed by atoms with van der Waals surface area (Å²) in [7, 11) is 0. The molecule has 0 fully saturated rings. The highest BCUT2D eigenvalue weighted by atomic mass is 35.6. The van der Waals surface area contributed by atoms with E-state index in [9.17, 15) is 5.21 Å². The van der Waals surface area contributed by atoms with Gasteiger partial charge in [-0.15, -0.1) is 0 Å². The molecule has 0 amide bonds. The smallest absolute Gasteiger partial charge is 0.353 e. The van der Waals surface area contributed by atoms with E-state index in [0.29, 0.717) is 15.6 Å². The van der Waals surface area contributed by atoms with Crippen molar-refractivity contribution in [1.29, 1.82) is 0 Å². The van der Waals surface area contributed by atoms with E-state index in [1.807, 2.05) is 0 Å². The van der Waals surface area contributed by atoms with E-state index in [0.717, 1.165) is 0 Å². The van der Waals surface area contributed by atoms with Crippen LogP contribution in [0.15, 0.2) is 30.5 Å². The third-order valence-corrected chi connectivity index (χ3v) is 2.43. The van der Waals surface area contributed by atoms with Crippen molar-refractivity contribution in [3.63, 3.8) is 0 Å². The molecule has 1 aromatic heterocycles. The first-order chi connectivity index (χ1) is 7.00. The second-order valence-electron chi connectivity index (χ2n) is 2.93. The zero-order valence-electron chi connectivity index (χ0n) is 7.32. The number of hydrogen-bond acceptors (Lipinski definition) is 2. The monoisotopic (exact) mass is 262 g/mol. The highest BCUT2D eigenvalue weighted by Gasteiger charge is 2.35. The topological polar surface area (TPSA) is 39.8 Å². The lowest BCUT2D eigenvalue weighted by atomic mass is 10.2. The molecule has 2 rings (SSSR count). The zero-order valence-corrected chi connectivity index (χ0v) is 9.59. The number of rotatable bonds is 0. The zero-order chi connectivity index (χ0) is 11.1. The molecule has 3 nitrogen and oxygen atoms in total. The van der Waals surface area contributed by atoms with Gasteiger partial charge in [0.05, 0.1) is 5.39 Å². The van der Waals surface area contributed by atoms with Crippen molar-refractivity contribution in [1.82, 2.24) is 4.98 Å². The Morgan fingerprint density at radius 2 is 1.87 bits per heavy atom. The average molecular weight is 264 g/mol. The number of alkyl halides is 3. The Balaban J connectivity index is 2.76. The van der Waals surface area contributed by atoms with Crippen molar-refractivity contribution in [3.8, 4) is 0 Å². The fourth-order valence-electron chi connectivity index (χ4n) is 1.27. The highest BCUT2D eigenvalue weighted by Crippen LogP contribution is 2.35. The van der Waals surface area contributed by atoms with Gasteiger partial charge in [-0.2, -0.15) is 0 Å².